The maximum atomic E-state index is 13.7. The number of nitrogens with one attached hydrogen (secondary N) is 2. The monoisotopic (exact) mass is 474 g/mol. The fraction of sp³-hybridized carbons (Fsp3) is 0.632. The zero-order valence-electron chi connectivity index (χ0n) is 18.6. The molecule has 0 atom stereocenters. The fourth-order valence-electron chi connectivity index (χ4n) is 3.54. The summed E-state index contributed by atoms with van der Waals surface area (Å²) in [5, 5.41) is 10.8. The lowest BCUT2D eigenvalue weighted by atomic mass is 10.0. The third-order valence-corrected chi connectivity index (χ3v) is 6.12. The number of amides is 2. The molecular formula is C19H28F2N6O4S. The second kappa shape index (κ2) is 8.68. The van der Waals surface area contributed by atoms with Crippen molar-refractivity contribution in [2.45, 2.75) is 76.8 Å². The van der Waals surface area contributed by atoms with Crippen LogP contribution in [0, 0.1) is 0 Å². The van der Waals surface area contributed by atoms with E-state index in [1.165, 1.54) is 9.36 Å². The molecule has 13 heteroatoms. The van der Waals surface area contributed by atoms with E-state index in [0.717, 1.165) is 13.1 Å². The molecule has 0 fully saturated rings. The number of alkyl halides is 2. The molecule has 1 aliphatic heterocycles. The number of carbonyl (C=O) groups is 1. The topological polar surface area (TPSA) is 120 Å². The molecule has 0 aromatic carbocycles. The Hall–Kier alpha value is -2.70. The zero-order chi connectivity index (χ0) is 23.8. The molecule has 2 aromatic heterocycles. The molecule has 0 aliphatic carbocycles. The summed E-state index contributed by atoms with van der Waals surface area (Å²) in [6, 6.07) is -1.03. The highest BCUT2D eigenvalue weighted by Gasteiger charge is 2.32. The van der Waals surface area contributed by atoms with Gasteiger partial charge in [0, 0.05) is 19.9 Å². The van der Waals surface area contributed by atoms with Crippen molar-refractivity contribution in [1.82, 2.24) is 24.3 Å². The van der Waals surface area contributed by atoms with Crippen LogP contribution >= 0.6 is 0 Å². The highest BCUT2D eigenvalue weighted by molar-refractivity contribution is 7.90. The quantitative estimate of drug-likeness (QED) is 0.636. The van der Waals surface area contributed by atoms with Crippen molar-refractivity contribution in [3.05, 3.63) is 17.6 Å². The average molecular weight is 475 g/mol. The first-order chi connectivity index (χ1) is 14.8. The zero-order valence-corrected chi connectivity index (χ0v) is 19.5. The molecule has 2 N–H and O–H groups in total. The largest absolute Gasteiger partial charge is 0.477 e. The van der Waals surface area contributed by atoms with Gasteiger partial charge < -0.3 is 10.1 Å². The maximum absolute atomic E-state index is 13.7. The number of sulfonamides is 1. The molecule has 2 aromatic rings. The highest BCUT2D eigenvalue weighted by Crippen LogP contribution is 2.34. The number of ether oxygens (including phenoxy) is 1. The van der Waals surface area contributed by atoms with E-state index >= 15 is 0 Å². The summed E-state index contributed by atoms with van der Waals surface area (Å²) < 4.78 is 62.9. The van der Waals surface area contributed by atoms with Crippen LogP contribution in [0.1, 0.15) is 64.3 Å². The van der Waals surface area contributed by atoms with E-state index in [4.69, 9.17) is 4.74 Å². The second-order valence-electron chi connectivity index (χ2n) is 8.48. The third-order valence-electron chi connectivity index (χ3n) is 4.81. The Morgan fingerprint density at radius 2 is 1.97 bits per heavy atom. The van der Waals surface area contributed by atoms with E-state index in [1.54, 1.807) is 27.7 Å². The van der Waals surface area contributed by atoms with Crippen LogP contribution in [-0.4, -0.2) is 46.5 Å². The normalized spacial score (nSPS) is 14.4. The van der Waals surface area contributed by atoms with Gasteiger partial charge in [0.1, 0.15) is 6.54 Å². The third kappa shape index (κ3) is 5.03. The van der Waals surface area contributed by atoms with Gasteiger partial charge in [-0.25, -0.2) is 31.4 Å². The van der Waals surface area contributed by atoms with Gasteiger partial charge in [-0.05, 0) is 11.8 Å². The number of anilines is 1. The van der Waals surface area contributed by atoms with Gasteiger partial charge in [-0.3, -0.25) is 4.68 Å². The highest BCUT2D eigenvalue weighted by atomic mass is 32.2. The number of urea groups is 1. The molecule has 0 unspecified atom stereocenters. The van der Waals surface area contributed by atoms with Crippen molar-refractivity contribution < 1.29 is 26.7 Å². The Labute approximate surface area is 185 Å². The predicted octanol–water partition coefficient (Wildman–Crippen LogP) is 3.27. The SMILES string of the molecule is CC(C)c1nn(CC(C)(F)F)c(C(C)C)c1NC(=O)NS(=O)(=O)c1cnn2c1OCCC2. The Balaban J connectivity index is 1.90. The van der Waals surface area contributed by atoms with E-state index < -0.39 is 28.5 Å². The van der Waals surface area contributed by atoms with E-state index in [1.807, 2.05) is 4.72 Å². The van der Waals surface area contributed by atoms with Gasteiger partial charge >= 0.3 is 6.03 Å². The molecule has 2 amide bonds. The molecule has 0 spiro atoms. The lowest BCUT2D eigenvalue weighted by Crippen LogP contribution is -2.35. The maximum Gasteiger partial charge on any atom is 0.333 e. The Morgan fingerprint density at radius 3 is 2.56 bits per heavy atom. The summed E-state index contributed by atoms with van der Waals surface area (Å²) in [5.74, 6) is -3.42. The summed E-state index contributed by atoms with van der Waals surface area (Å²) in [7, 11) is -4.28. The van der Waals surface area contributed by atoms with E-state index in [0.29, 0.717) is 31.0 Å². The molecular weight excluding hydrogens is 446 g/mol. The van der Waals surface area contributed by atoms with Crippen LogP contribution in [-0.2, 0) is 23.1 Å². The molecule has 3 heterocycles. The Morgan fingerprint density at radius 1 is 1.28 bits per heavy atom. The van der Waals surface area contributed by atoms with Crippen molar-refractivity contribution in [3.63, 3.8) is 0 Å². The van der Waals surface area contributed by atoms with Gasteiger partial charge in [0.15, 0.2) is 4.90 Å². The minimum atomic E-state index is -4.28. The number of rotatable bonds is 7. The molecule has 32 heavy (non-hydrogen) atoms. The van der Waals surface area contributed by atoms with Crippen LogP contribution in [0.15, 0.2) is 11.1 Å². The van der Waals surface area contributed by atoms with Crippen molar-refractivity contribution in [2.75, 3.05) is 11.9 Å². The summed E-state index contributed by atoms with van der Waals surface area (Å²) >= 11 is 0. The van der Waals surface area contributed by atoms with E-state index in [-0.39, 0.29) is 28.3 Å². The average Bonchev–Trinajstić information content (AvgIpc) is 3.22. The van der Waals surface area contributed by atoms with Gasteiger partial charge in [0.05, 0.1) is 29.9 Å². The molecule has 0 radical (unpaired) electrons. The fourth-order valence-corrected chi connectivity index (χ4v) is 4.53. The smallest absolute Gasteiger partial charge is 0.333 e. The van der Waals surface area contributed by atoms with Gasteiger partial charge in [-0.2, -0.15) is 10.2 Å². The van der Waals surface area contributed by atoms with Crippen LogP contribution in [0.2, 0.25) is 0 Å². The standard InChI is InChI=1S/C19H28F2N6O4S/c1-11(2)14-15(16(12(3)4)27(24-14)10-19(5,20)21)23-18(28)25-32(29,30)13-9-22-26-7-6-8-31-17(13)26/h9,11-12H,6-8,10H2,1-5H3,(H2,23,25,28). The second-order valence-corrected chi connectivity index (χ2v) is 10.1. The van der Waals surface area contributed by atoms with Gasteiger partial charge in [-0.15, -0.1) is 0 Å². The van der Waals surface area contributed by atoms with Crippen LogP contribution < -0.4 is 14.8 Å². The van der Waals surface area contributed by atoms with Crippen LogP contribution in [0.3, 0.4) is 0 Å². The van der Waals surface area contributed by atoms with Crippen LogP contribution in [0.4, 0.5) is 19.3 Å². The van der Waals surface area contributed by atoms with E-state index in [9.17, 15) is 22.0 Å². The Kier molecular flexibility index (Phi) is 6.50. The molecule has 178 valence electrons. The molecule has 1 aliphatic rings. The van der Waals surface area contributed by atoms with Crippen molar-refractivity contribution in [1.29, 1.82) is 0 Å². The first kappa shape index (κ1) is 24.0. The van der Waals surface area contributed by atoms with Crippen molar-refractivity contribution in [2.24, 2.45) is 0 Å². The number of fused-ring (bicyclic) bond motifs is 1. The minimum absolute atomic E-state index is 0.0697. The number of hydrogen-bond donors (Lipinski definition) is 2. The van der Waals surface area contributed by atoms with Gasteiger partial charge in [0.2, 0.25) is 5.88 Å². The number of aryl methyl sites for hydroxylation is 1. The number of halogens is 2. The van der Waals surface area contributed by atoms with E-state index in [2.05, 4.69) is 15.5 Å². The molecule has 10 nitrogen and oxygen atoms in total. The van der Waals surface area contributed by atoms with Crippen molar-refractivity contribution in [3.8, 4) is 5.88 Å². The first-order valence-corrected chi connectivity index (χ1v) is 11.8. The first-order valence-electron chi connectivity index (χ1n) is 10.3. The molecule has 0 saturated heterocycles. The Bertz CT molecular complexity index is 1100. The molecule has 0 saturated carbocycles. The number of hydrogen-bond acceptors (Lipinski definition) is 6. The molecule has 0 bridgehead atoms. The number of aromatic nitrogens is 4. The number of carbonyl (C=O) groups excluding carboxylic acids is 1. The lowest BCUT2D eigenvalue weighted by Gasteiger charge is -2.17. The number of nitrogens with zero attached hydrogens (tertiary/aromatic N) is 4. The van der Waals surface area contributed by atoms with Gasteiger partial charge in [-0.1, -0.05) is 27.7 Å². The summed E-state index contributed by atoms with van der Waals surface area (Å²) in [6.07, 6.45) is 1.82. The summed E-state index contributed by atoms with van der Waals surface area (Å²) in [5.41, 5.74) is 0.992. The predicted molar refractivity (Wildman–Crippen MR) is 113 cm³/mol. The summed E-state index contributed by atoms with van der Waals surface area (Å²) in [6.45, 7) is 8.14. The molecule has 3 rings (SSSR count). The van der Waals surface area contributed by atoms with Crippen molar-refractivity contribution >= 4 is 21.7 Å². The minimum Gasteiger partial charge on any atom is -0.477 e. The lowest BCUT2D eigenvalue weighted by molar-refractivity contribution is -0.000452. The summed E-state index contributed by atoms with van der Waals surface area (Å²) in [4.78, 5) is 12.4. The van der Waals surface area contributed by atoms with Gasteiger partial charge in [0.25, 0.3) is 15.9 Å². The van der Waals surface area contributed by atoms with Crippen LogP contribution in [0.25, 0.3) is 0 Å². The van der Waals surface area contributed by atoms with Crippen LogP contribution in [0.5, 0.6) is 5.88 Å².